The van der Waals surface area contributed by atoms with Gasteiger partial charge in [-0.25, -0.2) is 0 Å². The summed E-state index contributed by atoms with van der Waals surface area (Å²) in [5.74, 6) is 1.81. The second-order valence-electron chi connectivity index (χ2n) is 4.76. The van der Waals surface area contributed by atoms with Crippen LogP contribution < -0.4 is 0 Å². The molecule has 2 nitrogen and oxygen atoms in total. The minimum atomic E-state index is 0.683. The second kappa shape index (κ2) is 3.97. The van der Waals surface area contributed by atoms with Gasteiger partial charge in [-0.1, -0.05) is 0 Å². The fourth-order valence-corrected chi connectivity index (χ4v) is 2.18. The Kier molecular flexibility index (Phi) is 2.89. The van der Waals surface area contributed by atoms with E-state index in [1.54, 1.807) is 0 Å². The SMILES string of the molecule is CC(C)N1CCOC[C@H](C2CC2)C1. The van der Waals surface area contributed by atoms with Crippen molar-refractivity contribution in [2.24, 2.45) is 11.8 Å². The number of nitrogens with zero attached hydrogens (tertiary/aromatic N) is 1. The van der Waals surface area contributed by atoms with Gasteiger partial charge in [0, 0.05) is 19.1 Å². The van der Waals surface area contributed by atoms with Crippen molar-refractivity contribution in [1.82, 2.24) is 4.90 Å². The van der Waals surface area contributed by atoms with Gasteiger partial charge in [0.1, 0.15) is 0 Å². The molecule has 2 heteroatoms. The third-order valence-electron chi connectivity index (χ3n) is 3.34. The Balaban J connectivity index is 1.89. The maximum absolute atomic E-state index is 5.65. The van der Waals surface area contributed by atoms with Crippen LogP contribution >= 0.6 is 0 Å². The van der Waals surface area contributed by atoms with E-state index >= 15 is 0 Å². The first-order chi connectivity index (χ1) is 6.27. The summed E-state index contributed by atoms with van der Waals surface area (Å²) in [6.45, 7) is 8.91. The van der Waals surface area contributed by atoms with Crippen molar-refractivity contribution in [2.45, 2.75) is 32.7 Å². The molecule has 0 radical (unpaired) electrons. The third-order valence-corrected chi connectivity index (χ3v) is 3.34. The molecule has 1 saturated heterocycles. The third kappa shape index (κ3) is 2.44. The lowest BCUT2D eigenvalue weighted by atomic mass is 10.0. The molecule has 1 atom stereocenters. The Hall–Kier alpha value is -0.0800. The van der Waals surface area contributed by atoms with Crippen molar-refractivity contribution in [3.05, 3.63) is 0 Å². The van der Waals surface area contributed by atoms with E-state index in [-0.39, 0.29) is 0 Å². The summed E-state index contributed by atoms with van der Waals surface area (Å²) >= 11 is 0. The van der Waals surface area contributed by atoms with Gasteiger partial charge in [0.25, 0.3) is 0 Å². The van der Waals surface area contributed by atoms with Crippen molar-refractivity contribution in [1.29, 1.82) is 0 Å². The van der Waals surface area contributed by atoms with E-state index in [1.165, 1.54) is 19.4 Å². The highest BCUT2D eigenvalue weighted by molar-refractivity contribution is 4.85. The summed E-state index contributed by atoms with van der Waals surface area (Å²) in [6, 6.07) is 0.683. The van der Waals surface area contributed by atoms with Gasteiger partial charge < -0.3 is 4.74 Å². The van der Waals surface area contributed by atoms with Crippen LogP contribution in [0.3, 0.4) is 0 Å². The van der Waals surface area contributed by atoms with Gasteiger partial charge in [-0.2, -0.15) is 0 Å². The van der Waals surface area contributed by atoms with Crippen LogP contribution in [0.25, 0.3) is 0 Å². The quantitative estimate of drug-likeness (QED) is 0.646. The van der Waals surface area contributed by atoms with E-state index in [2.05, 4.69) is 18.7 Å². The van der Waals surface area contributed by atoms with Crippen LogP contribution in [0.4, 0.5) is 0 Å². The van der Waals surface area contributed by atoms with Gasteiger partial charge in [-0.3, -0.25) is 4.90 Å². The highest BCUT2D eigenvalue weighted by atomic mass is 16.5. The lowest BCUT2D eigenvalue weighted by molar-refractivity contribution is 0.115. The van der Waals surface area contributed by atoms with E-state index in [0.717, 1.165) is 31.6 Å². The Morgan fingerprint density at radius 3 is 2.62 bits per heavy atom. The van der Waals surface area contributed by atoms with Crippen LogP contribution in [0, 0.1) is 11.8 Å². The molecule has 1 saturated carbocycles. The van der Waals surface area contributed by atoms with Crippen LogP contribution in [0.5, 0.6) is 0 Å². The molecule has 0 aromatic rings. The maximum atomic E-state index is 5.65. The molecule has 1 aliphatic carbocycles. The molecule has 2 rings (SSSR count). The van der Waals surface area contributed by atoms with Crippen molar-refractivity contribution in [2.75, 3.05) is 26.3 Å². The first kappa shape index (κ1) is 9.47. The highest BCUT2D eigenvalue weighted by Gasteiger charge is 2.33. The lowest BCUT2D eigenvalue weighted by Gasteiger charge is -2.26. The molecule has 2 aliphatic rings. The molecular formula is C11H21NO. The number of rotatable bonds is 2. The number of hydrogen-bond donors (Lipinski definition) is 0. The summed E-state index contributed by atoms with van der Waals surface area (Å²) in [5, 5.41) is 0. The Morgan fingerprint density at radius 1 is 1.23 bits per heavy atom. The molecule has 0 amide bonds. The molecule has 0 aromatic carbocycles. The van der Waals surface area contributed by atoms with Gasteiger partial charge in [0.2, 0.25) is 0 Å². The molecular weight excluding hydrogens is 162 g/mol. The molecule has 2 fully saturated rings. The van der Waals surface area contributed by atoms with E-state index in [9.17, 15) is 0 Å². The number of hydrogen-bond acceptors (Lipinski definition) is 2. The van der Waals surface area contributed by atoms with Gasteiger partial charge in [-0.15, -0.1) is 0 Å². The largest absolute Gasteiger partial charge is 0.380 e. The molecule has 1 heterocycles. The Labute approximate surface area is 81.3 Å². The van der Waals surface area contributed by atoms with E-state index in [1.807, 2.05) is 0 Å². The van der Waals surface area contributed by atoms with E-state index < -0.39 is 0 Å². The first-order valence-corrected chi connectivity index (χ1v) is 5.59. The van der Waals surface area contributed by atoms with Crippen molar-refractivity contribution < 1.29 is 4.74 Å². The van der Waals surface area contributed by atoms with Crippen LogP contribution in [-0.2, 0) is 4.74 Å². The fraction of sp³-hybridized carbons (Fsp3) is 1.00. The smallest absolute Gasteiger partial charge is 0.0593 e. The van der Waals surface area contributed by atoms with Crippen LogP contribution in [0.2, 0.25) is 0 Å². The van der Waals surface area contributed by atoms with Gasteiger partial charge in [-0.05, 0) is 38.5 Å². The summed E-state index contributed by atoms with van der Waals surface area (Å²) in [6.07, 6.45) is 2.89. The predicted octanol–water partition coefficient (Wildman–Crippen LogP) is 1.75. The lowest BCUT2D eigenvalue weighted by Crippen LogP contribution is -2.36. The van der Waals surface area contributed by atoms with Crippen molar-refractivity contribution >= 4 is 0 Å². The predicted molar refractivity (Wildman–Crippen MR) is 53.7 cm³/mol. The minimum Gasteiger partial charge on any atom is -0.380 e. The monoisotopic (exact) mass is 183 g/mol. The highest BCUT2D eigenvalue weighted by Crippen LogP contribution is 2.38. The maximum Gasteiger partial charge on any atom is 0.0593 e. The zero-order valence-electron chi connectivity index (χ0n) is 8.83. The molecule has 76 valence electrons. The molecule has 0 spiro atoms. The summed E-state index contributed by atoms with van der Waals surface area (Å²) < 4.78 is 5.65. The topological polar surface area (TPSA) is 12.5 Å². The molecule has 0 aromatic heterocycles. The molecule has 0 unspecified atom stereocenters. The van der Waals surface area contributed by atoms with Gasteiger partial charge >= 0.3 is 0 Å². The normalized spacial score (nSPS) is 32.1. The van der Waals surface area contributed by atoms with Crippen LogP contribution in [-0.4, -0.2) is 37.2 Å². The Bertz CT molecular complexity index is 155. The van der Waals surface area contributed by atoms with Crippen molar-refractivity contribution in [3.63, 3.8) is 0 Å². The Morgan fingerprint density at radius 2 is 2.00 bits per heavy atom. The zero-order valence-corrected chi connectivity index (χ0v) is 8.83. The second-order valence-corrected chi connectivity index (χ2v) is 4.76. The standard InChI is InChI=1S/C11H21NO/c1-9(2)12-5-6-13-8-11(7-12)10-3-4-10/h9-11H,3-8H2,1-2H3/t11-/m1/s1. The average molecular weight is 183 g/mol. The van der Waals surface area contributed by atoms with Gasteiger partial charge in [0.15, 0.2) is 0 Å². The van der Waals surface area contributed by atoms with Crippen LogP contribution in [0.1, 0.15) is 26.7 Å². The summed E-state index contributed by atoms with van der Waals surface area (Å²) in [4.78, 5) is 2.57. The fourth-order valence-electron chi connectivity index (χ4n) is 2.18. The summed E-state index contributed by atoms with van der Waals surface area (Å²) in [7, 11) is 0. The molecule has 0 N–H and O–H groups in total. The van der Waals surface area contributed by atoms with Crippen molar-refractivity contribution in [3.8, 4) is 0 Å². The first-order valence-electron chi connectivity index (χ1n) is 5.59. The molecule has 1 aliphatic heterocycles. The zero-order chi connectivity index (χ0) is 9.26. The molecule has 0 bridgehead atoms. The van der Waals surface area contributed by atoms with E-state index in [0.29, 0.717) is 6.04 Å². The van der Waals surface area contributed by atoms with Gasteiger partial charge in [0.05, 0.1) is 13.2 Å². The van der Waals surface area contributed by atoms with Crippen LogP contribution in [0.15, 0.2) is 0 Å². The average Bonchev–Trinajstić information content (AvgIpc) is 2.91. The summed E-state index contributed by atoms with van der Waals surface area (Å²) in [5.41, 5.74) is 0. The number of ether oxygens (including phenoxy) is 1. The molecule has 13 heavy (non-hydrogen) atoms. The van der Waals surface area contributed by atoms with E-state index in [4.69, 9.17) is 4.74 Å². The minimum absolute atomic E-state index is 0.683.